The van der Waals surface area contributed by atoms with Gasteiger partial charge in [0.2, 0.25) is 0 Å². The largest absolute Gasteiger partial charge is 0.459 e. The standard InChI is InChI=1S/C29H25ClN2O4S2/c1-16(2)35-28(34)25-17(3)31-29-32(26(25)18-8-11-22(37-4)12-9-18)27(33)24(38-29)15-21-10-13-23(36-21)19-6-5-7-20(30)14-19/h5-16,26H,1-4H3/b24-15-/t26-/m1/s1. The van der Waals surface area contributed by atoms with Gasteiger partial charge in [-0.2, -0.15) is 0 Å². The van der Waals surface area contributed by atoms with Gasteiger partial charge in [-0.15, -0.1) is 11.8 Å². The van der Waals surface area contributed by atoms with E-state index in [1.165, 1.54) is 11.3 Å². The number of fused-ring (bicyclic) bond motifs is 1. The predicted octanol–water partition coefficient (Wildman–Crippen LogP) is 5.82. The van der Waals surface area contributed by atoms with Gasteiger partial charge in [0.05, 0.1) is 27.9 Å². The first-order chi connectivity index (χ1) is 18.2. The lowest BCUT2D eigenvalue weighted by molar-refractivity contribution is -0.143. The van der Waals surface area contributed by atoms with E-state index < -0.39 is 12.0 Å². The summed E-state index contributed by atoms with van der Waals surface area (Å²) < 4.78 is 13.6. The fourth-order valence-electron chi connectivity index (χ4n) is 4.32. The quantitative estimate of drug-likeness (QED) is 0.218. The van der Waals surface area contributed by atoms with Crippen molar-refractivity contribution >= 4 is 46.7 Å². The second-order valence-corrected chi connectivity index (χ2v) is 11.3. The molecular weight excluding hydrogens is 540 g/mol. The first-order valence-corrected chi connectivity index (χ1v) is 14.4. The molecule has 1 aliphatic heterocycles. The molecule has 194 valence electrons. The van der Waals surface area contributed by atoms with Crippen molar-refractivity contribution in [2.24, 2.45) is 4.99 Å². The Morgan fingerprint density at radius 3 is 2.63 bits per heavy atom. The number of allylic oxidation sites excluding steroid dienone is 1. The van der Waals surface area contributed by atoms with E-state index in [4.69, 9.17) is 20.8 Å². The van der Waals surface area contributed by atoms with Crippen molar-refractivity contribution in [2.45, 2.75) is 37.8 Å². The number of aromatic nitrogens is 1. The normalized spacial score (nSPS) is 15.5. The molecule has 0 bridgehead atoms. The zero-order valence-electron chi connectivity index (χ0n) is 21.2. The summed E-state index contributed by atoms with van der Waals surface area (Å²) in [5.41, 5.74) is 2.29. The first-order valence-electron chi connectivity index (χ1n) is 12.0. The molecule has 3 heterocycles. The van der Waals surface area contributed by atoms with Gasteiger partial charge >= 0.3 is 5.97 Å². The Morgan fingerprint density at radius 1 is 1.18 bits per heavy atom. The molecule has 0 saturated carbocycles. The Hall–Kier alpha value is -3.33. The fraction of sp³-hybridized carbons (Fsp3) is 0.207. The summed E-state index contributed by atoms with van der Waals surface area (Å²) in [5.74, 6) is 0.695. The number of rotatable bonds is 6. The second-order valence-electron chi connectivity index (χ2n) is 9.02. The van der Waals surface area contributed by atoms with Crippen LogP contribution in [0.4, 0.5) is 0 Å². The molecule has 2 aromatic carbocycles. The molecule has 1 atom stereocenters. The number of hydrogen-bond donors (Lipinski definition) is 0. The third-order valence-electron chi connectivity index (χ3n) is 6.03. The lowest BCUT2D eigenvalue weighted by Gasteiger charge is -2.25. The summed E-state index contributed by atoms with van der Waals surface area (Å²) in [6.07, 6.45) is 3.40. The number of carbonyl (C=O) groups is 1. The molecule has 38 heavy (non-hydrogen) atoms. The number of thioether (sulfide) groups is 1. The molecule has 5 rings (SSSR count). The summed E-state index contributed by atoms with van der Waals surface area (Å²) in [5, 5.41) is 0.612. The first kappa shape index (κ1) is 26.3. The minimum atomic E-state index is -0.658. The molecular formula is C29H25ClN2O4S2. The maximum absolute atomic E-state index is 13.8. The van der Waals surface area contributed by atoms with Crippen LogP contribution in [-0.2, 0) is 9.53 Å². The van der Waals surface area contributed by atoms with Crippen LogP contribution >= 0.6 is 34.7 Å². The molecule has 6 nitrogen and oxygen atoms in total. The van der Waals surface area contributed by atoms with Gasteiger partial charge in [-0.05, 0) is 69.0 Å². The van der Waals surface area contributed by atoms with Gasteiger partial charge in [0.15, 0.2) is 4.80 Å². The maximum atomic E-state index is 13.8. The summed E-state index contributed by atoms with van der Waals surface area (Å²) in [4.78, 5) is 33.2. The van der Waals surface area contributed by atoms with Crippen LogP contribution in [0.15, 0.2) is 91.0 Å². The molecule has 0 amide bonds. The van der Waals surface area contributed by atoms with Crippen LogP contribution in [0.3, 0.4) is 0 Å². The van der Waals surface area contributed by atoms with Gasteiger partial charge in [0.1, 0.15) is 11.5 Å². The van der Waals surface area contributed by atoms with Crippen molar-refractivity contribution < 1.29 is 13.9 Å². The van der Waals surface area contributed by atoms with Crippen molar-refractivity contribution in [1.29, 1.82) is 0 Å². The number of nitrogens with zero attached hydrogens (tertiary/aromatic N) is 2. The lowest BCUT2D eigenvalue weighted by atomic mass is 9.96. The smallest absolute Gasteiger partial charge is 0.338 e. The molecule has 0 fully saturated rings. The number of esters is 1. The molecule has 2 aromatic heterocycles. The van der Waals surface area contributed by atoms with Crippen LogP contribution in [-0.4, -0.2) is 22.9 Å². The Morgan fingerprint density at radius 2 is 1.95 bits per heavy atom. The highest BCUT2D eigenvalue weighted by atomic mass is 35.5. The molecule has 0 saturated heterocycles. The third kappa shape index (κ3) is 5.16. The van der Waals surface area contributed by atoms with Gasteiger partial charge in [0.25, 0.3) is 5.56 Å². The number of thiazole rings is 1. The third-order valence-corrected chi connectivity index (χ3v) is 7.99. The highest BCUT2D eigenvalue weighted by Gasteiger charge is 2.33. The molecule has 0 unspecified atom stereocenters. The summed E-state index contributed by atoms with van der Waals surface area (Å²) in [7, 11) is 0. The van der Waals surface area contributed by atoms with Crippen molar-refractivity contribution in [2.75, 3.05) is 6.26 Å². The minimum absolute atomic E-state index is 0.254. The topological polar surface area (TPSA) is 73.8 Å². The van der Waals surface area contributed by atoms with Crippen molar-refractivity contribution in [3.8, 4) is 11.3 Å². The predicted molar refractivity (Wildman–Crippen MR) is 152 cm³/mol. The van der Waals surface area contributed by atoms with E-state index in [0.717, 1.165) is 16.0 Å². The summed E-state index contributed by atoms with van der Waals surface area (Å²) in [6.45, 7) is 5.37. The van der Waals surface area contributed by atoms with Crippen LogP contribution in [0.5, 0.6) is 0 Å². The molecule has 0 aliphatic carbocycles. The Balaban J connectivity index is 1.63. The minimum Gasteiger partial charge on any atom is -0.459 e. The number of ether oxygens (including phenoxy) is 1. The molecule has 0 N–H and O–H groups in total. The zero-order valence-corrected chi connectivity index (χ0v) is 23.6. The highest BCUT2D eigenvalue weighted by Crippen LogP contribution is 2.32. The van der Waals surface area contributed by atoms with Crippen molar-refractivity contribution in [1.82, 2.24) is 4.57 Å². The number of carbonyl (C=O) groups excluding carboxylic acids is 1. The van der Waals surface area contributed by atoms with Crippen molar-refractivity contribution in [3.63, 3.8) is 0 Å². The molecule has 1 aliphatic rings. The highest BCUT2D eigenvalue weighted by molar-refractivity contribution is 7.98. The van der Waals surface area contributed by atoms with E-state index in [1.54, 1.807) is 49.2 Å². The van der Waals surface area contributed by atoms with E-state index in [1.807, 2.05) is 60.9 Å². The maximum Gasteiger partial charge on any atom is 0.338 e. The van der Waals surface area contributed by atoms with Crippen LogP contribution in [0.25, 0.3) is 17.4 Å². The second kappa shape index (κ2) is 10.8. The summed E-state index contributed by atoms with van der Waals surface area (Å²) in [6, 6.07) is 18.2. The number of benzene rings is 2. The monoisotopic (exact) mass is 564 g/mol. The molecule has 4 aromatic rings. The fourth-order valence-corrected chi connectivity index (χ4v) is 5.94. The average Bonchev–Trinajstić information content (AvgIpc) is 3.47. The van der Waals surface area contributed by atoms with Crippen LogP contribution < -0.4 is 14.9 Å². The van der Waals surface area contributed by atoms with Gasteiger partial charge in [-0.3, -0.25) is 9.36 Å². The van der Waals surface area contributed by atoms with E-state index in [2.05, 4.69) is 4.99 Å². The average molecular weight is 565 g/mol. The molecule has 0 radical (unpaired) electrons. The number of furan rings is 1. The Bertz CT molecular complexity index is 1730. The SMILES string of the molecule is CSc1ccc([C@@H]2C(C(=O)OC(C)C)=C(C)N=c3s/c(=C\c4ccc(-c5cccc(Cl)c5)o4)c(=O)n32)cc1. The number of halogens is 1. The Labute approximate surface area is 232 Å². The Kier molecular flexibility index (Phi) is 7.47. The van der Waals surface area contributed by atoms with E-state index >= 15 is 0 Å². The molecule has 9 heteroatoms. The molecule has 0 spiro atoms. The van der Waals surface area contributed by atoms with Crippen LogP contribution in [0.2, 0.25) is 5.02 Å². The van der Waals surface area contributed by atoms with Gasteiger partial charge in [0, 0.05) is 21.6 Å². The van der Waals surface area contributed by atoms with Gasteiger partial charge in [-0.25, -0.2) is 9.79 Å². The summed E-state index contributed by atoms with van der Waals surface area (Å²) >= 11 is 9.01. The van der Waals surface area contributed by atoms with Crippen molar-refractivity contribution in [3.05, 3.63) is 108 Å². The lowest BCUT2D eigenvalue weighted by Crippen LogP contribution is -2.40. The van der Waals surface area contributed by atoms with E-state index in [9.17, 15) is 9.59 Å². The zero-order chi connectivity index (χ0) is 27.0. The van der Waals surface area contributed by atoms with Crippen LogP contribution in [0.1, 0.15) is 38.1 Å². The van der Waals surface area contributed by atoms with E-state index in [0.29, 0.717) is 37.1 Å². The number of hydrogen-bond acceptors (Lipinski definition) is 7. The van der Waals surface area contributed by atoms with E-state index in [-0.39, 0.29) is 11.7 Å². The van der Waals surface area contributed by atoms with Gasteiger partial charge in [-0.1, -0.05) is 47.2 Å². The van der Waals surface area contributed by atoms with Crippen LogP contribution in [0, 0.1) is 0 Å². The van der Waals surface area contributed by atoms with Gasteiger partial charge < -0.3 is 9.15 Å².